The number of nitrogens with zero attached hydrogens (tertiary/aromatic N) is 1. The molecule has 1 aromatic rings. The van der Waals surface area contributed by atoms with Gasteiger partial charge in [-0.05, 0) is 6.07 Å². The van der Waals surface area contributed by atoms with Crippen LogP contribution in [0.15, 0.2) is 24.3 Å². The predicted molar refractivity (Wildman–Crippen MR) is 75.7 cm³/mol. The zero-order valence-corrected chi connectivity index (χ0v) is 11.9. The molecule has 0 fully saturated rings. The summed E-state index contributed by atoms with van der Waals surface area (Å²) in [4.78, 5) is 24.1. The van der Waals surface area contributed by atoms with Crippen LogP contribution < -0.4 is 10.5 Å². The van der Waals surface area contributed by atoms with Gasteiger partial charge in [-0.25, -0.2) is 0 Å². The van der Waals surface area contributed by atoms with Gasteiger partial charge in [0.15, 0.2) is 0 Å². The van der Waals surface area contributed by atoms with Gasteiger partial charge in [0.25, 0.3) is 0 Å². The second-order valence-corrected chi connectivity index (χ2v) is 4.50. The lowest BCUT2D eigenvalue weighted by atomic mass is 10.1. The van der Waals surface area contributed by atoms with Crippen LogP contribution in [0, 0.1) is 0 Å². The van der Waals surface area contributed by atoms with E-state index in [1.165, 1.54) is 12.0 Å². The van der Waals surface area contributed by atoms with E-state index in [-0.39, 0.29) is 19.7 Å². The van der Waals surface area contributed by atoms with Gasteiger partial charge < -0.3 is 25.6 Å². The first kappa shape index (κ1) is 16.9. The number of aliphatic hydroxyl groups excluding tert-OH is 1. The normalized spacial score (nSPS) is 11.8. The molecule has 0 spiro atoms. The molecule has 1 rings (SSSR count). The number of aliphatic carboxylic acids is 1. The average molecular weight is 296 g/mol. The van der Waals surface area contributed by atoms with Crippen LogP contribution >= 0.6 is 0 Å². The first-order chi connectivity index (χ1) is 9.99. The minimum Gasteiger partial charge on any atom is -0.496 e. The number of carbonyl (C=O) groups excluding carboxylic acids is 1. The van der Waals surface area contributed by atoms with Crippen LogP contribution in [0.2, 0.25) is 0 Å². The monoisotopic (exact) mass is 296 g/mol. The predicted octanol–water partition coefficient (Wildman–Crippen LogP) is -0.182. The molecule has 1 unspecified atom stereocenters. The number of hydrogen-bond donors (Lipinski definition) is 3. The van der Waals surface area contributed by atoms with Gasteiger partial charge in [-0.2, -0.15) is 0 Å². The fraction of sp³-hybridized carbons (Fsp3) is 0.429. The van der Waals surface area contributed by atoms with Gasteiger partial charge in [-0.15, -0.1) is 0 Å². The lowest BCUT2D eigenvalue weighted by Gasteiger charge is -2.25. The maximum atomic E-state index is 12.2. The quantitative estimate of drug-likeness (QED) is 0.613. The maximum absolute atomic E-state index is 12.2. The van der Waals surface area contributed by atoms with Crippen molar-refractivity contribution in [3.05, 3.63) is 29.8 Å². The van der Waals surface area contributed by atoms with Crippen LogP contribution in [0.1, 0.15) is 12.0 Å². The highest BCUT2D eigenvalue weighted by molar-refractivity contribution is 5.86. The third-order valence-corrected chi connectivity index (χ3v) is 2.95. The van der Waals surface area contributed by atoms with Crippen LogP contribution in [0.3, 0.4) is 0 Å². The van der Waals surface area contributed by atoms with E-state index in [4.69, 9.17) is 20.7 Å². The summed E-state index contributed by atoms with van der Waals surface area (Å²) in [6.07, 6.45) is -0.452. The number of aliphatic hydroxyl groups is 1. The van der Waals surface area contributed by atoms with Gasteiger partial charge in [0, 0.05) is 18.7 Å². The zero-order chi connectivity index (χ0) is 15.8. The van der Waals surface area contributed by atoms with Crippen molar-refractivity contribution in [3.63, 3.8) is 0 Å². The number of carbonyl (C=O) groups is 2. The summed E-state index contributed by atoms with van der Waals surface area (Å²) in [7, 11) is 1.52. The van der Waals surface area contributed by atoms with Crippen molar-refractivity contribution < 1.29 is 24.5 Å². The van der Waals surface area contributed by atoms with Gasteiger partial charge in [0.2, 0.25) is 5.91 Å². The van der Waals surface area contributed by atoms with Crippen molar-refractivity contribution in [1.82, 2.24) is 4.90 Å². The molecule has 7 heteroatoms. The Morgan fingerprint density at radius 1 is 1.38 bits per heavy atom. The third-order valence-electron chi connectivity index (χ3n) is 2.95. The summed E-state index contributed by atoms with van der Waals surface area (Å²) in [5, 5.41) is 17.8. The maximum Gasteiger partial charge on any atom is 0.305 e. The number of rotatable bonds is 8. The second-order valence-electron chi connectivity index (χ2n) is 4.50. The number of methoxy groups -OCH3 is 1. The average Bonchev–Trinajstić information content (AvgIpc) is 2.45. The van der Waals surface area contributed by atoms with Gasteiger partial charge in [-0.1, -0.05) is 18.2 Å². The van der Waals surface area contributed by atoms with E-state index in [1.54, 1.807) is 24.3 Å². The molecule has 0 saturated heterocycles. The molecule has 0 aromatic heterocycles. The van der Waals surface area contributed by atoms with Crippen molar-refractivity contribution in [1.29, 1.82) is 0 Å². The summed E-state index contributed by atoms with van der Waals surface area (Å²) in [5.41, 5.74) is 6.34. The Balaban J connectivity index is 2.86. The fourth-order valence-electron chi connectivity index (χ4n) is 1.94. The summed E-state index contributed by atoms with van der Waals surface area (Å²) in [6.45, 7) is 0.0294. The van der Waals surface area contributed by atoms with Crippen molar-refractivity contribution in [2.75, 3.05) is 20.3 Å². The minimum absolute atomic E-state index is 0.0736. The van der Waals surface area contributed by atoms with Gasteiger partial charge >= 0.3 is 5.97 Å². The Morgan fingerprint density at radius 2 is 2.05 bits per heavy atom. The highest BCUT2D eigenvalue weighted by Crippen LogP contribution is 2.19. The molecule has 0 aliphatic carbocycles. The lowest BCUT2D eigenvalue weighted by molar-refractivity contribution is -0.142. The highest BCUT2D eigenvalue weighted by Gasteiger charge is 2.23. The highest BCUT2D eigenvalue weighted by atomic mass is 16.5. The van der Waals surface area contributed by atoms with Crippen molar-refractivity contribution >= 4 is 11.9 Å². The number of amides is 1. The van der Waals surface area contributed by atoms with E-state index < -0.39 is 24.3 Å². The number of ether oxygens (including phenoxy) is 1. The molecule has 0 heterocycles. The fourth-order valence-corrected chi connectivity index (χ4v) is 1.94. The van der Waals surface area contributed by atoms with Gasteiger partial charge in [0.05, 0.1) is 26.2 Å². The molecule has 0 bridgehead atoms. The molecule has 1 aromatic carbocycles. The molecule has 1 atom stereocenters. The Morgan fingerprint density at radius 3 is 2.62 bits per heavy atom. The summed E-state index contributed by atoms with van der Waals surface area (Å²) in [6, 6.07) is 6.02. The summed E-state index contributed by atoms with van der Waals surface area (Å²) >= 11 is 0. The smallest absolute Gasteiger partial charge is 0.305 e. The zero-order valence-electron chi connectivity index (χ0n) is 11.9. The standard InChI is InChI=1S/C14H20N2O5/c1-21-12-5-3-2-4-10(12)9-16(6-7-17)14(20)11(15)8-13(18)19/h2-5,11,17H,6-9,15H2,1H3,(H,18,19). The molecule has 21 heavy (non-hydrogen) atoms. The number of para-hydroxylation sites is 1. The Labute approximate surface area is 122 Å². The number of carboxylic acid groups (broad SMARTS) is 1. The van der Waals surface area contributed by atoms with E-state index in [1.807, 2.05) is 0 Å². The van der Waals surface area contributed by atoms with Crippen molar-refractivity contribution in [3.8, 4) is 5.75 Å². The van der Waals surface area contributed by atoms with E-state index >= 15 is 0 Å². The van der Waals surface area contributed by atoms with Crippen molar-refractivity contribution in [2.24, 2.45) is 5.73 Å². The largest absolute Gasteiger partial charge is 0.496 e. The molecule has 0 aliphatic heterocycles. The molecule has 7 nitrogen and oxygen atoms in total. The van der Waals surface area contributed by atoms with Crippen LogP contribution in [-0.4, -0.2) is 53.3 Å². The number of nitrogens with two attached hydrogens (primary N) is 1. The van der Waals surface area contributed by atoms with Crippen LogP contribution in [-0.2, 0) is 16.1 Å². The van der Waals surface area contributed by atoms with Crippen molar-refractivity contribution in [2.45, 2.75) is 19.0 Å². The third kappa shape index (κ3) is 5.05. The van der Waals surface area contributed by atoms with E-state index in [2.05, 4.69) is 0 Å². The molecule has 4 N–H and O–H groups in total. The number of carboxylic acids is 1. The second kappa shape index (κ2) is 8.23. The van der Waals surface area contributed by atoms with Gasteiger partial charge in [0.1, 0.15) is 5.75 Å². The van der Waals surface area contributed by atoms with Crippen LogP contribution in [0.4, 0.5) is 0 Å². The SMILES string of the molecule is COc1ccccc1CN(CCO)C(=O)C(N)CC(=O)O. The van der Waals surface area contributed by atoms with Crippen LogP contribution in [0.5, 0.6) is 5.75 Å². The molecule has 116 valence electrons. The van der Waals surface area contributed by atoms with E-state index in [9.17, 15) is 9.59 Å². The number of hydrogen-bond acceptors (Lipinski definition) is 5. The first-order valence-electron chi connectivity index (χ1n) is 6.48. The minimum atomic E-state index is -1.14. The number of benzene rings is 1. The Kier molecular flexibility index (Phi) is 6.64. The molecule has 1 amide bonds. The summed E-state index contributed by atoms with van der Waals surface area (Å²) in [5.74, 6) is -1.05. The molecule has 0 radical (unpaired) electrons. The molecular formula is C14H20N2O5. The Hall–Kier alpha value is -2.12. The first-order valence-corrected chi connectivity index (χ1v) is 6.48. The van der Waals surface area contributed by atoms with Crippen LogP contribution in [0.25, 0.3) is 0 Å². The Bertz CT molecular complexity index is 492. The molecule has 0 aliphatic rings. The topological polar surface area (TPSA) is 113 Å². The molecular weight excluding hydrogens is 276 g/mol. The molecule has 0 saturated carbocycles. The summed E-state index contributed by atoms with van der Waals surface area (Å²) < 4.78 is 5.20. The van der Waals surface area contributed by atoms with E-state index in [0.717, 1.165) is 5.56 Å². The van der Waals surface area contributed by atoms with E-state index in [0.29, 0.717) is 5.75 Å². The lowest BCUT2D eigenvalue weighted by Crippen LogP contribution is -2.45. The van der Waals surface area contributed by atoms with Gasteiger partial charge in [-0.3, -0.25) is 9.59 Å².